The molecule has 0 aromatic carbocycles. The first-order valence-corrected chi connectivity index (χ1v) is 7.71. The van der Waals surface area contributed by atoms with E-state index in [2.05, 4.69) is 5.32 Å². The van der Waals surface area contributed by atoms with Crippen LogP contribution >= 0.6 is 0 Å². The summed E-state index contributed by atoms with van der Waals surface area (Å²) in [5.41, 5.74) is -0.331. The van der Waals surface area contributed by atoms with Crippen molar-refractivity contribution in [1.82, 2.24) is 10.2 Å². The highest BCUT2D eigenvalue weighted by Crippen LogP contribution is 2.32. The van der Waals surface area contributed by atoms with Crippen molar-refractivity contribution in [2.45, 2.75) is 50.4 Å². The van der Waals surface area contributed by atoms with Crippen LogP contribution in [0.5, 0.6) is 0 Å². The first kappa shape index (κ1) is 15.7. The Morgan fingerprint density at radius 1 is 1.25 bits per heavy atom. The molecule has 0 radical (unpaired) electrons. The second-order valence-electron chi connectivity index (χ2n) is 6.03. The summed E-state index contributed by atoms with van der Waals surface area (Å²) >= 11 is 0. The van der Waals surface area contributed by atoms with Crippen LogP contribution in [0.25, 0.3) is 0 Å². The van der Waals surface area contributed by atoms with E-state index < -0.39 is 0 Å². The molecule has 116 valence electrons. The molecule has 1 amide bonds. The summed E-state index contributed by atoms with van der Waals surface area (Å²) in [6.45, 7) is 1.56. The molecule has 0 spiro atoms. The molecule has 1 aliphatic heterocycles. The summed E-state index contributed by atoms with van der Waals surface area (Å²) in [5, 5.41) is 3.31. The number of hydrogen-bond donors (Lipinski definition) is 1. The lowest BCUT2D eigenvalue weighted by Gasteiger charge is -2.38. The molecule has 1 atom stereocenters. The Morgan fingerprint density at radius 2 is 1.90 bits per heavy atom. The van der Waals surface area contributed by atoms with Crippen molar-refractivity contribution >= 4 is 5.91 Å². The van der Waals surface area contributed by atoms with Crippen LogP contribution in [0.15, 0.2) is 0 Å². The molecular formula is C15H28N2O3. The minimum Gasteiger partial charge on any atom is -0.356 e. The van der Waals surface area contributed by atoms with Crippen molar-refractivity contribution < 1.29 is 14.3 Å². The maximum absolute atomic E-state index is 12.9. The van der Waals surface area contributed by atoms with Gasteiger partial charge in [0.15, 0.2) is 6.29 Å². The zero-order chi connectivity index (χ0) is 14.6. The summed E-state index contributed by atoms with van der Waals surface area (Å²) in [5.74, 6) is 0.555. The zero-order valence-corrected chi connectivity index (χ0v) is 13.0. The highest BCUT2D eigenvalue weighted by Gasteiger charge is 2.43. The van der Waals surface area contributed by atoms with E-state index in [9.17, 15) is 4.79 Å². The van der Waals surface area contributed by atoms with E-state index in [0.717, 1.165) is 45.2 Å². The Balaban J connectivity index is 1.99. The van der Waals surface area contributed by atoms with E-state index in [1.54, 1.807) is 14.2 Å². The number of rotatable bonds is 5. The maximum Gasteiger partial charge on any atom is 0.242 e. The quantitative estimate of drug-likeness (QED) is 0.775. The van der Waals surface area contributed by atoms with Crippen LogP contribution in [-0.2, 0) is 14.3 Å². The lowest BCUT2D eigenvalue weighted by atomic mass is 9.80. The zero-order valence-electron chi connectivity index (χ0n) is 13.0. The number of carbonyl (C=O) groups excluding carboxylic acids is 1. The molecular weight excluding hydrogens is 256 g/mol. The van der Waals surface area contributed by atoms with Gasteiger partial charge < -0.3 is 19.7 Å². The molecule has 0 aromatic rings. The molecule has 1 unspecified atom stereocenters. The lowest BCUT2D eigenvalue weighted by Crippen LogP contribution is -2.57. The van der Waals surface area contributed by atoms with Crippen LogP contribution in [0.1, 0.15) is 38.5 Å². The first-order chi connectivity index (χ1) is 9.66. The molecule has 1 saturated heterocycles. The van der Waals surface area contributed by atoms with Gasteiger partial charge in [-0.3, -0.25) is 4.79 Å². The maximum atomic E-state index is 12.9. The van der Waals surface area contributed by atoms with Crippen molar-refractivity contribution in [2.75, 3.05) is 34.4 Å². The molecule has 5 nitrogen and oxygen atoms in total. The Hall–Kier alpha value is -0.650. The van der Waals surface area contributed by atoms with E-state index in [-0.39, 0.29) is 23.7 Å². The summed E-state index contributed by atoms with van der Waals surface area (Å²) in [6, 6.07) is 0. The molecule has 0 aromatic heterocycles. The van der Waals surface area contributed by atoms with Gasteiger partial charge in [0.05, 0.1) is 5.54 Å². The Labute approximate surface area is 122 Å². The molecule has 2 rings (SSSR count). The van der Waals surface area contributed by atoms with Crippen molar-refractivity contribution in [3.8, 4) is 0 Å². The summed E-state index contributed by atoms with van der Waals surface area (Å²) in [6.07, 6.45) is 6.20. The van der Waals surface area contributed by atoms with Crippen molar-refractivity contribution in [3.63, 3.8) is 0 Å². The van der Waals surface area contributed by atoms with Crippen molar-refractivity contribution in [1.29, 1.82) is 0 Å². The number of likely N-dealkylation sites (tertiary alicyclic amines) is 1. The summed E-state index contributed by atoms with van der Waals surface area (Å²) in [7, 11) is 5.24. The predicted octanol–water partition coefficient (Wildman–Crippen LogP) is 1.38. The van der Waals surface area contributed by atoms with E-state index in [1.165, 1.54) is 6.42 Å². The van der Waals surface area contributed by atoms with Crippen molar-refractivity contribution in [3.05, 3.63) is 0 Å². The van der Waals surface area contributed by atoms with Crippen LogP contribution in [0, 0.1) is 5.92 Å². The fourth-order valence-electron chi connectivity index (χ4n) is 3.70. The fourth-order valence-corrected chi connectivity index (χ4v) is 3.70. The van der Waals surface area contributed by atoms with E-state index in [4.69, 9.17) is 9.47 Å². The van der Waals surface area contributed by atoms with Gasteiger partial charge in [-0.05, 0) is 26.3 Å². The van der Waals surface area contributed by atoms with Gasteiger partial charge in [0.25, 0.3) is 0 Å². The second kappa shape index (κ2) is 6.87. The Morgan fingerprint density at radius 3 is 2.45 bits per heavy atom. The minimum atomic E-state index is -0.331. The van der Waals surface area contributed by atoms with Gasteiger partial charge in [0, 0.05) is 33.2 Å². The third-order valence-electron chi connectivity index (χ3n) is 4.96. The van der Waals surface area contributed by atoms with E-state index >= 15 is 0 Å². The smallest absolute Gasteiger partial charge is 0.242 e. The van der Waals surface area contributed by atoms with Gasteiger partial charge in [-0.1, -0.05) is 19.3 Å². The summed E-state index contributed by atoms with van der Waals surface area (Å²) in [4.78, 5) is 14.9. The second-order valence-corrected chi connectivity index (χ2v) is 6.03. The average Bonchev–Trinajstić information content (AvgIpc) is 2.98. The molecule has 2 aliphatic rings. The van der Waals surface area contributed by atoms with Crippen LogP contribution in [0.3, 0.4) is 0 Å². The highest BCUT2D eigenvalue weighted by molar-refractivity contribution is 5.86. The van der Waals surface area contributed by atoms with E-state index in [0.29, 0.717) is 0 Å². The molecule has 1 N–H and O–H groups in total. The molecule has 5 heteroatoms. The number of nitrogens with one attached hydrogen (secondary N) is 1. The van der Waals surface area contributed by atoms with Gasteiger partial charge in [-0.2, -0.15) is 0 Å². The highest BCUT2D eigenvalue weighted by atomic mass is 16.7. The van der Waals surface area contributed by atoms with Gasteiger partial charge in [-0.15, -0.1) is 0 Å². The summed E-state index contributed by atoms with van der Waals surface area (Å²) < 4.78 is 10.7. The number of amides is 1. The monoisotopic (exact) mass is 284 g/mol. The third-order valence-corrected chi connectivity index (χ3v) is 4.96. The van der Waals surface area contributed by atoms with Crippen LogP contribution in [0.2, 0.25) is 0 Å². The number of ether oxygens (including phenoxy) is 2. The number of methoxy groups -OCH3 is 2. The standard InChI is InChI=1S/C15H28N2O3/c1-16-15(8-5-4-6-9-15)14(18)17-10-7-12(11-17)13(19-2)20-3/h12-13,16H,4-11H2,1-3H3. The van der Waals surface area contributed by atoms with Gasteiger partial charge >= 0.3 is 0 Å². The normalized spacial score (nSPS) is 26.2. The number of hydrogen-bond acceptors (Lipinski definition) is 4. The molecule has 1 aliphatic carbocycles. The average molecular weight is 284 g/mol. The SMILES string of the molecule is CNC1(C(=O)N2CCC(C(OC)OC)C2)CCCCC1. The number of likely N-dealkylation sites (N-methyl/N-ethyl adjacent to an activating group) is 1. The van der Waals surface area contributed by atoms with E-state index in [1.807, 2.05) is 11.9 Å². The van der Waals surface area contributed by atoms with Crippen LogP contribution in [0.4, 0.5) is 0 Å². The van der Waals surface area contributed by atoms with Gasteiger partial charge in [0.1, 0.15) is 0 Å². The third kappa shape index (κ3) is 3.00. The molecule has 0 bridgehead atoms. The lowest BCUT2D eigenvalue weighted by molar-refractivity contribution is -0.144. The van der Waals surface area contributed by atoms with Gasteiger partial charge in [0.2, 0.25) is 5.91 Å². The predicted molar refractivity (Wildman–Crippen MR) is 77.4 cm³/mol. The van der Waals surface area contributed by atoms with Gasteiger partial charge in [-0.25, -0.2) is 0 Å². The van der Waals surface area contributed by atoms with Crippen LogP contribution in [-0.4, -0.2) is 57.0 Å². The molecule has 20 heavy (non-hydrogen) atoms. The fraction of sp³-hybridized carbons (Fsp3) is 0.933. The van der Waals surface area contributed by atoms with Crippen molar-refractivity contribution in [2.24, 2.45) is 5.92 Å². The Kier molecular flexibility index (Phi) is 5.41. The molecule has 1 heterocycles. The number of carbonyl (C=O) groups is 1. The topological polar surface area (TPSA) is 50.8 Å². The molecule has 2 fully saturated rings. The first-order valence-electron chi connectivity index (χ1n) is 7.71. The number of nitrogens with zero attached hydrogens (tertiary/aromatic N) is 1. The minimum absolute atomic E-state index is 0.204. The molecule has 1 saturated carbocycles. The largest absolute Gasteiger partial charge is 0.356 e. The Bertz CT molecular complexity index is 325. The van der Waals surface area contributed by atoms with Crippen LogP contribution < -0.4 is 5.32 Å².